The fourth-order valence-corrected chi connectivity index (χ4v) is 4.27. The van der Waals surface area contributed by atoms with E-state index in [1.807, 2.05) is 54.2 Å². The van der Waals surface area contributed by atoms with Gasteiger partial charge in [0.1, 0.15) is 11.5 Å². The van der Waals surface area contributed by atoms with Crippen LogP contribution in [0.1, 0.15) is 41.5 Å². The highest BCUT2D eigenvalue weighted by molar-refractivity contribution is 8.00. The van der Waals surface area contributed by atoms with E-state index in [4.69, 9.17) is 0 Å². The number of rotatable bonds is 11. The summed E-state index contributed by atoms with van der Waals surface area (Å²) in [7, 11) is 0. The Bertz CT molecular complexity index is 766. The molecule has 0 aliphatic heterocycles. The van der Waals surface area contributed by atoms with Crippen molar-refractivity contribution in [2.45, 2.75) is 37.4 Å². The van der Waals surface area contributed by atoms with Gasteiger partial charge in [-0.1, -0.05) is 61.5 Å². The van der Waals surface area contributed by atoms with Crippen molar-refractivity contribution in [2.24, 2.45) is 0 Å². The standard InChI is InChI=1S/C25H30O2S/c1-5-10-19-12-8-14-21(24(19)26)23(17-18(4)28-16-7-3)22-15-9-13-20(11-6-2)25(22)27/h5-9,12-15,18,23,26-27H,1-3,10-11,16-17H2,4H3. The lowest BCUT2D eigenvalue weighted by Crippen LogP contribution is -2.10. The molecule has 0 saturated heterocycles. The van der Waals surface area contributed by atoms with Gasteiger partial charge in [0.05, 0.1) is 0 Å². The number of hydrogen-bond acceptors (Lipinski definition) is 3. The van der Waals surface area contributed by atoms with Gasteiger partial charge in [-0.2, -0.15) is 11.8 Å². The summed E-state index contributed by atoms with van der Waals surface area (Å²) in [5.41, 5.74) is 3.39. The smallest absolute Gasteiger partial charge is 0.122 e. The van der Waals surface area contributed by atoms with Crippen LogP contribution < -0.4 is 0 Å². The van der Waals surface area contributed by atoms with Gasteiger partial charge < -0.3 is 10.2 Å². The van der Waals surface area contributed by atoms with E-state index in [0.29, 0.717) is 29.6 Å². The van der Waals surface area contributed by atoms with Crippen LogP contribution in [0, 0.1) is 0 Å². The first-order valence-corrected chi connectivity index (χ1v) is 10.6. The van der Waals surface area contributed by atoms with E-state index in [-0.39, 0.29) is 5.92 Å². The first kappa shape index (κ1) is 21.9. The Balaban J connectivity index is 2.54. The predicted molar refractivity (Wildman–Crippen MR) is 123 cm³/mol. The molecule has 0 aliphatic carbocycles. The van der Waals surface area contributed by atoms with Gasteiger partial charge in [0.15, 0.2) is 0 Å². The van der Waals surface area contributed by atoms with Crippen LogP contribution in [0.15, 0.2) is 74.4 Å². The summed E-state index contributed by atoms with van der Waals surface area (Å²) in [6.45, 7) is 13.5. The predicted octanol–water partition coefficient (Wildman–Crippen LogP) is 6.38. The molecule has 0 bridgehead atoms. The Morgan fingerprint density at radius 1 is 0.857 bits per heavy atom. The third-order valence-corrected chi connectivity index (χ3v) is 6.04. The fraction of sp³-hybridized carbons (Fsp3) is 0.280. The largest absolute Gasteiger partial charge is 0.507 e. The van der Waals surface area contributed by atoms with E-state index in [2.05, 4.69) is 26.7 Å². The molecule has 2 N–H and O–H groups in total. The molecule has 1 unspecified atom stereocenters. The first-order valence-electron chi connectivity index (χ1n) is 9.59. The molecule has 1 atom stereocenters. The molecule has 148 valence electrons. The van der Waals surface area contributed by atoms with Crippen molar-refractivity contribution >= 4 is 11.8 Å². The van der Waals surface area contributed by atoms with Crippen LogP contribution in [0.5, 0.6) is 11.5 Å². The van der Waals surface area contributed by atoms with Crippen molar-refractivity contribution in [1.29, 1.82) is 0 Å². The molecule has 0 heterocycles. The van der Waals surface area contributed by atoms with Crippen molar-refractivity contribution in [2.75, 3.05) is 5.75 Å². The van der Waals surface area contributed by atoms with Gasteiger partial charge in [-0.05, 0) is 30.4 Å². The SMILES string of the molecule is C=CCSC(C)CC(c1cccc(CC=C)c1O)c1cccc(CC=C)c1O. The zero-order valence-corrected chi connectivity index (χ0v) is 17.4. The molecule has 2 aromatic rings. The first-order chi connectivity index (χ1) is 13.5. The Kier molecular flexibility index (Phi) is 8.46. The molecule has 3 heteroatoms. The maximum absolute atomic E-state index is 10.9. The van der Waals surface area contributed by atoms with Gasteiger partial charge in [-0.25, -0.2) is 0 Å². The van der Waals surface area contributed by atoms with Crippen LogP contribution in [-0.2, 0) is 12.8 Å². The highest BCUT2D eigenvalue weighted by atomic mass is 32.2. The monoisotopic (exact) mass is 394 g/mol. The van der Waals surface area contributed by atoms with Crippen molar-refractivity contribution in [3.63, 3.8) is 0 Å². The molecule has 0 amide bonds. The number of phenols is 2. The maximum atomic E-state index is 10.9. The number of benzene rings is 2. The molecule has 0 radical (unpaired) electrons. The minimum Gasteiger partial charge on any atom is -0.507 e. The zero-order chi connectivity index (χ0) is 20.5. The number of phenolic OH excluding ortho intramolecular Hbond substituents is 2. The van der Waals surface area contributed by atoms with Crippen LogP contribution >= 0.6 is 11.8 Å². The van der Waals surface area contributed by atoms with Gasteiger partial charge in [-0.3, -0.25) is 0 Å². The van der Waals surface area contributed by atoms with E-state index in [1.165, 1.54) is 0 Å². The molecule has 0 saturated carbocycles. The second-order valence-electron chi connectivity index (χ2n) is 6.92. The Labute approximate surface area is 173 Å². The van der Waals surface area contributed by atoms with Crippen molar-refractivity contribution in [3.05, 3.63) is 96.6 Å². The molecule has 0 spiro atoms. The summed E-state index contributed by atoms with van der Waals surface area (Å²) in [4.78, 5) is 0. The van der Waals surface area contributed by atoms with E-state index in [9.17, 15) is 10.2 Å². The van der Waals surface area contributed by atoms with Crippen molar-refractivity contribution < 1.29 is 10.2 Å². The van der Waals surface area contributed by atoms with E-state index in [1.54, 1.807) is 12.2 Å². The number of thioether (sulfide) groups is 1. The normalized spacial score (nSPS) is 11.9. The third-order valence-electron chi connectivity index (χ3n) is 4.85. The number of hydrogen-bond donors (Lipinski definition) is 2. The van der Waals surface area contributed by atoms with Gasteiger partial charge in [0, 0.05) is 28.0 Å². The quantitative estimate of drug-likeness (QED) is 0.434. The summed E-state index contributed by atoms with van der Waals surface area (Å²) in [6, 6.07) is 11.7. The molecule has 2 nitrogen and oxygen atoms in total. The lowest BCUT2D eigenvalue weighted by atomic mass is 9.84. The van der Waals surface area contributed by atoms with Crippen molar-refractivity contribution in [3.8, 4) is 11.5 Å². The van der Waals surface area contributed by atoms with Crippen LogP contribution in [-0.4, -0.2) is 21.2 Å². The number of para-hydroxylation sites is 2. The van der Waals surface area contributed by atoms with E-state index >= 15 is 0 Å². The average molecular weight is 395 g/mol. The Morgan fingerprint density at radius 2 is 1.36 bits per heavy atom. The van der Waals surface area contributed by atoms with Crippen LogP contribution in [0.25, 0.3) is 0 Å². The number of allylic oxidation sites excluding steroid dienone is 2. The highest BCUT2D eigenvalue weighted by Crippen LogP contribution is 2.42. The van der Waals surface area contributed by atoms with Gasteiger partial charge >= 0.3 is 0 Å². The molecule has 0 fully saturated rings. The van der Waals surface area contributed by atoms with Crippen LogP contribution in [0.4, 0.5) is 0 Å². The van der Waals surface area contributed by atoms with Crippen LogP contribution in [0.3, 0.4) is 0 Å². The van der Waals surface area contributed by atoms with Crippen molar-refractivity contribution in [1.82, 2.24) is 0 Å². The fourth-order valence-electron chi connectivity index (χ4n) is 3.48. The van der Waals surface area contributed by atoms with Gasteiger partial charge in [0.25, 0.3) is 0 Å². The Morgan fingerprint density at radius 3 is 1.79 bits per heavy atom. The maximum Gasteiger partial charge on any atom is 0.122 e. The summed E-state index contributed by atoms with van der Waals surface area (Å²) < 4.78 is 0. The number of aromatic hydroxyl groups is 2. The molecule has 28 heavy (non-hydrogen) atoms. The molecule has 2 rings (SSSR count). The lowest BCUT2D eigenvalue weighted by Gasteiger charge is -2.25. The summed E-state index contributed by atoms with van der Waals surface area (Å²) in [5.74, 6) is 1.35. The zero-order valence-electron chi connectivity index (χ0n) is 16.6. The molecule has 0 aromatic heterocycles. The Hall–Kier alpha value is -2.39. The minimum absolute atomic E-state index is 0.109. The highest BCUT2D eigenvalue weighted by Gasteiger charge is 2.25. The molecular formula is C25H30O2S. The van der Waals surface area contributed by atoms with Gasteiger partial charge in [0.2, 0.25) is 0 Å². The molecular weight excluding hydrogens is 364 g/mol. The minimum atomic E-state index is -0.109. The topological polar surface area (TPSA) is 40.5 Å². The van der Waals surface area contributed by atoms with E-state index < -0.39 is 0 Å². The van der Waals surface area contributed by atoms with Crippen LogP contribution in [0.2, 0.25) is 0 Å². The summed E-state index contributed by atoms with van der Waals surface area (Å²) >= 11 is 1.82. The average Bonchev–Trinajstić information content (AvgIpc) is 2.68. The molecule has 0 aliphatic rings. The molecule has 2 aromatic carbocycles. The third kappa shape index (κ3) is 5.32. The van der Waals surface area contributed by atoms with Gasteiger partial charge in [-0.15, -0.1) is 19.7 Å². The second-order valence-corrected chi connectivity index (χ2v) is 8.39. The second kappa shape index (κ2) is 10.8. The van der Waals surface area contributed by atoms with E-state index in [0.717, 1.165) is 34.4 Å². The summed E-state index contributed by atoms with van der Waals surface area (Å²) in [6.07, 6.45) is 7.50. The summed E-state index contributed by atoms with van der Waals surface area (Å²) in [5, 5.41) is 22.2. The lowest BCUT2D eigenvalue weighted by molar-refractivity contribution is 0.445.